The van der Waals surface area contributed by atoms with Gasteiger partial charge in [0.1, 0.15) is 17.2 Å². The van der Waals surface area contributed by atoms with Gasteiger partial charge < -0.3 is 18.8 Å². The molecule has 0 heterocycles. The fourth-order valence-electron chi connectivity index (χ4n) is 3.54. The predicted molar refractivity (Wildman–Crippen MR) is 154 cm³/mol. The second-order valence-corrected chi connectivity index (χ2v) is 11.7. The quantitative estimate of drug-likeness (QED) is 0.202. The fraction of sp³-hybridized carbons (Fsp3) is 0.321. The summed E-state index contributed by atoms with van der Waals surface area (Å²) in [6.07, 6.45) is 3.43. The molecule has 6 nitrogen and oxygen atoms in total. The summed E-state index contributed by atoms with van der Waals surface area (Å²) in [5, 5.41) is 10.2. The highest BCUT2D eigenvalue weighted by atomic mass is 32.2. The van der Waals surface area contributed by atoms with Crippen molar-refractivity contribution in [1.82, 2.24) is 0 Å². The van der Waals surface area contributed by atoms with Crippen molar-refractivity contribution < 1.29 is 27.2 Å². The lowest BCUT2D eigenvalue weighted by atomic mass is 10.1. The Hall–Kier alpha value is -2.75. The van der Waals surface area contributed by atoms with Gasteiger partial charge in [0.25, 0.3) is 0 Å². The molecule has 37 heavy (non-hydrogen) atoms. The van der Waals surface area contributed by atoms with Crippen LogP contribution < -0.4 is 8.92 Å². The average molecular weight is 561 g/mol. The van der Waals surface area contributed by atoms with E-state index < -0.39 is 10.1 Å². The summed E-state index contributed by atoms with van der Waals surface area (Å²) in [7, 11) is -3.54. The van der Waals surface area contributed by atoms with E-state index in [4.69, 9.17) is 25.9 Å². The maximum atomic E-state index is 11.2. The predicted octanol–water partition coefficient (Wildman–Crippen LogP) is 5.60. The van der Waals surface area contributed by atoms with Crippen LogP contribution in [0.4, 0.5) is 0 Å². The minimum atomic E-state index is -3.54. The summed E-state index contributed by atoms with van der Waals surface area (Å²) in [6.45, 7) is 3.00. The number of aryl methyl sites for hydroxylation is 1. The molecule has 198 valence electrons. The van der Waals surface area contributed by atoms with Gasteiger partial charge in [-0.2, -0.15) is 8.42 Å². The lowest BCUT2D eigenvalue weighted by Crippen LogP contribution is -2.22. The fourth-order valence-corrected chi connectivity index (χ4v) is 5.55. The number of hydrogen-bond acceptors (Lipinski definition) is 8. The number of aromatic hydroxyl groups is 1. The Balaban J connectivity index is 1.48. The third-order valence-electron chi connectivity index (χ3n) is 5.37. The molecule has 0 saturated carbocycles. The molecule has 1 unspecified atom stereocenters. The molecule has 0 bridgehead atoms. The van der Waals surface area contributed by atoms with Gasteiger partial charge in [-0.25, -0.2) is 0 Å². The van der Waals surface area contributed by atoms with Gasteiger partial charge in [-0.1, -0.05) is 36.4 Å². The molecule has 0 aliphatic carbocycles. The molecule has 0 radical (unpaired) electrons. The van der Waals surface area contributed by atoms with Crippen LogP contribution in [0.15, 0.2) is 72.8 Å². The molecule has 9 heteroatoms. The third-order valence-corrected chi connectivity index (χ3v) is 7.64. The summed E-state index contributed by atoms with van der Waals surface area (Å²) in [5.41, 5.74) is 3.52. The molecule has 3 aromatic carbocycles. The smallest absolute Gasteiger partial charge is 0.306 e. The van der Waals surface area contributed by atoms with Gasteiger partial charge in [0.05, 0.1) is 24.7 Å². The van der Waals surface area contributed by atoms with E-state index in [-0.39, 0.29) is 16.7 Å². The number of benzene rings is 3. The second-order valence-electron chi connectivity index (χ2n) is 8.41. The maximum absolute atomic E-state index is 11.2. The first-order chi connectivity index (χ1) is 17.7. The molecular weight excluding hydrogens is 529 g/mol. The van der Waals surface area contributed by atoms with E-state index in [0.717, 1.165) is 36.8 Å². The van der Waals surface area contributed by atoms with Gasteiger partial charge in [0.15, 0.2) is 5.05 Å². The topological polar surface area (TPSA) is 82.1 Å². The molecule has 0 saturated heterocycles. The number of ether oxygens (including phenoxy) is 2. The lowest BCUT2D eigenvalue weighted by molar-refractivity contribution is 0.321. The molecule has 1 N–H and O–H groups in total. The first-order valence-electron chi connectivity index (χ1n) is 12.0. The maximum Gasteiger partial charge on any atom is 0.306 e. The highest BCUT2D eigenvalue weighted by Crippen LogP contribution is 2.22. The molecule has 3 aromatic rings. The highest BCUT2D eigenvalue weighted by Gasteiger charge is 2.17. The van der Waals surface area contributed by atoms with E-state index in [2.05, 4.69) is 24.3 Å². The Labute approximate surface area is 229 Å². The Kier molecular flexibility index (Phi) is 11.1. The van der Waals surface area contributed by atoms with E-state index in [1.807, 2.05) is 19.1 Å². The van der Waals surface area contributed by atoms with Crippen molar-refractivity contribution in [2.24, 2.45) is 0 Å². The van der Waals surface area contributed by atoms with E-state index in [1.54, 1.807) is 48.2 Å². The van der Waals surface area contributed by atoms with E-state index in [0.29, 0.717) is 24.0 Å². The summed E-state index contributed by atoms with van der Waals surface area (Å²) < 4.78 is 38.7. The van der Waals surface area contributed by atoms with Crippen LogP contribution in [-0.2, 0) is 34.1 Å². The van der Waals surface area contributed by atoms with Crippen molar-refractivity contribution in [3.05, 3.63) is 89.5 Å². The molecule has 0 aliphatic heterocycles. The van der Waals surface area contributed by atoms with Gasteiger partial charge in [-0.05, 0) is 90.8 Å². The molecule has 3 rings (SSSR count). The minimum absolute atomic E-state index is 0.0795. The Morgan fingerprint density at radius 3 is 2.08 bits per heavy atom. The van der Waals surface area contributed by atoms with Crippen molar-refractivity contribution in [3.8, 4) is 17.2 Å². The Morgan fingerprint density at radius 2 is 1.46 bits per heavy atom. The largest absolute Gasteiger partial charge is 0.508 e. The van der Waals surface area contributed by atoms with Crippen molar-refractivity contribution in [3.63, 3.8) is 0 Å². The van der Waals surface area contributed by atoms with Crippen LogP contribution in [-0.4, -0.2) is 49.0 Å². The zero-order valence-corrected chi connectivity index (χ0v) is 23.4. The number of hydrogen-bond donors (Lipinski definition) is 1. The van der Waals surface area contributed by atoms with Crippen LogP contribution in [0, 0.1) is 0 Å². The van der Waals surface area contributed by atoms with Gasteiger partial charge in [0.2, 0.25) is 0 Å². The monoisotopic (exact) mass is 560 g/mol. The molecule has 0 spiro atoms. The first-order valence-corrected chi connectivity index (χ1v) is 15.3. The van der Waals surface area contributed by atoms with Crippen LogP contribution in [0.3, 0.4) is 0 Å². The van der Waals surface area contributed by atoms with Gasteiger partial charge >= 0.3 is 10.1 Å². The SMILES string of the molecule is CCOC(=S)C(Cc1ccc(CCOc2ccc(OS(C)(=O)=O)cc2)cc1)SCCc1ccc(O)cc1. The van der Waals surface area contributed by atoms with Crippen LogP contribution >= 0.6 is 24.0 Å². The van der Waals surface area contributed by atoms with Crippen molar-refractivity contribution in [1.29, 1.82) is 0 Å². The van der Waals surface area contributed by atoms with E-state index >= 15 is 0 Å². The molecular formula is C28H32O6S3. The van der Waals surface area contributed by atoms with Crippen molar-refractivity contribution in [2.75, 3.05) is 25.2 Å². The van der Waals surface area contributed by atoms with Gasteiger partial charge in [-0.15, -0.1) is 11.8 Å². The molecule has 0 amide bonds. The third kappa shape index (κ3) is 10.6. The normalized spacial score (nSPS) is 12.1. The van der Waals surface area contributed by atoms with E-state index in [9.17, 15) is 13.5 Å². The first kappa shape index (κ1) is 28.8. The summed E-state index contributed by atoms with van der Waals surface area (Å²) in [6, 6.07) is 22.2. The summed E-state index contributed by atoms with van der Waals surface area (Å²) in [5.74, 6) is 2.08. The number of thiocarbonyl (C=S) groups is 1. The highest BCUT2D eigenvalue weighted by molar-refractivity contribution is 8.01. The standard InChI is InChI=1S/C28H32O6S3/c1-3-32-28(35)27(36-19-17-22-8-10-24(29)11-9-22)20-23-6-4-21(5-7-23)16-18-33-25-12-14-26(15-13-25)34-37(2,30)31/h4-15,27,29H,3,16-20H2,1-2H3. The zero-order chi connectivity index (χ0) is 26.7. The van der Waals surface area contributed by atoms with Gasteiger partial charge in [-0.3, -0.25) is 0 Å². The summed E-state index contributed by atoms with van der Waals surface area (Å²) in [4.78, 5) is 0. The van der Waals surface area contributed by atoms with Crippen LogP contribution in [0.1, 0.15) is 23.6 Å². The number of thioether (sulfide) groups is 1. The van der Waals surface area contributed by atoms with Crippen LogP contribution in [0.5, 0.6) is 17.2 Å². The van der Waals surface area contributed by atoms with Crippen LogP contribution in [0.25, 0.3) is 0 Å². The minimum Gasteiger partial charge on any atom is -0.508 e. The second kappa shape index (κ2) is 14.3. The Bertz CT molecular complexity index is 1220. The molecule has 0 aliphatic rings. The molecule has 1 atom stereocenters. The molecule has 0 aromatic heterocycles. The summed E-state index contributed by atoms with van der Waals surface area (Å²) >= 11 is 7.35. The average Bonchev–Trinajstić information content (AvgIpc) is 2.86. The lowest BCUT2D eigenvalue weighted by Gasteiger charge is -2.18. The van der Waals surface area contributed by atoms with E-state index in [1.165, 1.54) is 11.1 Å². The number of phenols is 1. The van der Waals surface area contributed by atoms with Crippen molar-refractivity contribution in [2.45, 2.75) is 31.4 Å². The van der Waals surface area contributed by atoms with Crippen LogP contribution in [0.2, 0.25) is 0 Å². The zero-order valence-electron chi connectivity index (χ0n) is 21.0. The number of rotatable bonds is 14. The number of phenolic OH excluding ortho intramolecular Hbond substituents is 1. The molecule has 0 fully saturated rings. The van der Waals surface area contributed by atoms with Crippen molar-refractivity contribution >= 4 is 39.1 Å². The van der Waals surface area contributed by atoms with Gasteiger partial charge in [0, 0.05) is 6.42 Å². The Morgan fingerprint density at radius 1 is 0.892 bits per heavy atom.